The van der Waals surface area contributed by atoms with Crippen molar-refractivity contribution in [3.8, 4) is 0 Å². The van der Waals surface area contributed by atoms with Gasteiger partial charge in [-0.05, 0) is 93.7 Å². The van der Waals surface area contributed by atoms with Crippen LogP contribution in [0.3, 0.4) is 0 Å². The number of carbonyl (C=O) groups is 4. The minimum atomic E-state index is -0.932. The molecule has 7 atom stereocenters. The summed E-state index contributed by atoms with van der Waals surface area (Å²) in [7, 11) is 1.28. The zero-order chi connectivity index (χ0) is 28.9. The Bertz CT molecular complexity index is 1230. The standard InChI is InChI=1S/C30H41N5O6/c1-41-26(37)10-3-2-8-23(32-28(38)22-7-4-5-11-31-22)29(39)33-24-9-6-12-35(30(24)40)17-25(36)34-27-20-14-18-13-19(16-20)21(27)15-18/h3,6,9-10,12,18-23,27,31H,2,4-5,7-8,11,13-17H2,1H3,(H,32,38)(H,33,39)(H,34,36)/b10-3+/t18?,19?,20?,21?,22-,23-,27?/m0/s1. The highest BCUT2D eigenvalue weighted by Crippen LogP contribution is 2.58. The van der Waals surface area contributed by atoms with Crippen molar-refractivity contribution < 1.29 is 23.9 Å². The van der Waals surface area contributed by atoms with Crippen LogP contribution in [0.5, 0.6) is 0 Å². The Morgan fingerprint density at radius 1 is 1.15 bits per heavy atom. The molecule has 5 fully saturated rings. The summed E-state index contributed by atoms with van der Waals surface area (Å²) < 4.78 is 5.89. The van der Waals surface area contributed by atoms with Crippen LogP contribution in [0.15, 0.2) is 35.3 Å². The van der Waals surface area contributed by atoms with Crippen molar-refractivity contribution in [3.63, 3.8) is 0 Å². The summed E-state index contributed by atoms with van der Waals surface area (Å²) in [5.41, 5.74) is -0.460. The summed E-state index contributed by atoms with van der Waals surface area (Å²) in [5, 5.41) is 11.8. The van der Waals surface area contributed by atoms with E-state index in [9.17, 15) is 24.0 Å². The predicted molar refractivity (Wildman–Crippen MR) is 152 cm³/mol. The number of anilines is 1. The van der Waals surface area contributed by atoms with Gasteiger partial charge >= 0.3 is 5.97 Å². The molecule has 1 aromatic heterocycles. The van der Waals surface area contributed by atoms with Gasteiger partial charge in [0.2, 0.25) is 17.7 Å². The van der Waals surface area contributed by atoms with Gasteiger partial charge in [-0.15, -0.1) is 0 Å². The van der Waals surface area contributed by atoms with Crippen LogP contribution in [0.2, 0.25) is 0 Å². The molecule has 3 amide bonds. The zero-order valence-electron chi connectivity index (χ0n) is 23.6. The first-order chi connectivity index (χ1) is 19.8. The number of ether oxygens (including phenoxy) is 1. The Labute approximate surface area is 239 Å². The Balaban J connectivity index is 1.21. The first kappa shape index (κ1) is 29.0. The van der Waals surface area contributed by atoms with Crippen LogP contribution in [-0.2, 0) is 30.5 Å². The number of carbonyl (C=O) groups excluding carboxylic acids is 4. The van der Waals surface area contributed by atoms with E-state index >= 15 is 0 Å². The number of esters is 1. The van der Waals surface area contributed by atoms with Crippen molar-refractivity contribution in [2.75, 3.05) is 19.0 Å². The van der Waals surface area contributed by atoms with Gasteiger partial charge in [0, 0.05) is 18.3 Å². The second-order valence-electron chi connectivity index (χ2n) is 12.0. The van der Waals surface area contributed by atoms with E-state index in [4.69, 9.17) is 0 Å². The van der Waals surface area contributed by atoms with Crippen LogP contribution < -0.4 is 26.8 Å². The summed E-state index contributed by atoms with van der Waals surface area (Å²) in [6, 6.07) is 1.98. The summed E-state index contributed by atoms with van der Waals surface area (Å²) in [4.78, 5) is 63.7. The molecular weight excluding hydrogens is 526 g/mol. The Morgan fingerprint density at radius 3 is 2.73 bits per heavy atom. The number of nitrogens with zero attached hydrogens (tertiary/aromatic N) is 1. The van der Waals surface area contributed by atoms with Crippen LogP contribution in [-0.4, -0.2) is 60.0 Å². The van der Waals surface area contributed by atoms with Crippen molar-refractivity contribution in [1.82, 2.24) is 20.5 Å². The van der Waals surface area contributed by atoms with Crippen molar-refractivity contribution in [2.24, 2.45) is 23.7 Å². The van der Waals surface area contributed by atoms with E-state index in [1.54, 1.807) is 12.1 Å². The largest absolute Gasteiger partial charge is 0.466 e. The number of aromatic nitrogens is 1. The minimum absolute atomic E-state index is 0.0315. The first-order valence-electron chi connectivity index (χ1n) is 14.9. The number of nitrogens with one attached hydrogen (secondary N) is 4. The van der Waals surface area contributed by atoms with Crippen molar-refractivity contribution in [2.45, 2.75) is 82.5 Å². The van der Waals surface area contributed by atoms with Gasteiger partial charge in [-0.1, -0.05) is 12.5 Å². The van der Waals surface area contributed by atoms with Crippen LogP contribution in [0.25, 0.3) is 0 Å². The van der Waals surface area contributed by atoms with Gasteiger partial charge in [0.1, 0.15) is 18.3 Å². The number of allylic oxidation sites excluding steroid dienone is 1. The Hall–Kier alpha value is -3.47. The van der Waals surface area contributed by atoms with Gasteiger partial charge in [-0.25, -0.2) is 4.79 Å². The molecule has 11 heteroatoms. The van der Waals surface area contributed by atoms with E-state index in [0.29, 0.717) is 24.7 Å². The number of rotatable bonds is 11. The van der Waals surface area contributed by atoms with E-state index < -0.39 is 23.5 Å². The van der Waals surface area contributed by atoms with Gasteiger partial charge in [0.15, 0.2) is 0 Å². The lowest BCUT2D eigenvalue weighted by molar-refractivity contribution is -0.135. The molecule has 0 aromatic carbocycles. The predicted octanol–water partition coefficient (Wildman–Crippen LogP) is 1.47. The number of piperidine rings is 1. The van der Waals surface area contributed by atoms with E-state index in [1.165, 1.54) is 55.7 Å². The van der Waals surface area contributed by atoms with Crippen LogP contribution >= 0.6 is 0 Å². The Morgan fingerprint density at radius 2 is 1.98 bits per heavy atom. The third-order valence-electron chi connectivity index (χ3n) is 9.31. The normalized spacial score (nSPS) is 28.8. The monoisotopic (exact) mass is 567 g/mol. The molecular formula is C30H41N5O6. The molecule has 2 heterocycles. The Kier molecular flexibility index (Phi) is 9.22. The van der Waals surface area contributed by atoms with E-state index in [1.807, 2.05) is 0 Å². The highest BCUT2D eigenvalue weighted by atomic mass is 16.5. The second-order valence-corrected chi connectivity index (χ2v) is 12.0. The maximum Gasteiger partial charge on any atom is 0.330 e. The van der Waals surface area contributed by atoms with Gasteiger partial charge in [0.25, 0.3) is 5.56 Å². The van der Waals surface area contributed by atoms with Crippen molar-refractivity contribution >= 4 is 29.4 Å². The highest BCUT2D eigenvalue weighted by molar-refractivity contribution is 5.97. The molecule has 1 aliphatic heterocycles. The lowest BCUT2D eigenvalue weighted by atomic mass is 9.79. The lowest BCUT2D eigenvalue weighted by Gasteiger charge is -2.32. The molecule has 6 rings (SSSR count). The van der Waals surface area contributed by atoms with Crippen LogP contribution in [0.1, 0.15) is 57.8 Å². The number of hydrogen-bond donors (Lipinski definition) is 4. The van der Waals surface area contributed by atoms with Crippen LogP contribution in [0.4, 0.5) is 5.69 Å². The van der Waals surface area contributed by atoms with Gasteiger partial charge in [-0.2, -0.15) is 0 Å². The maximum absolute atomic E-state index is 13.3. The molecule has 5 unspecified atom stereocenters. The number of methoxy groups -OCH3 is 1. The molecule has 11 nitrogen and oxygen atoms in total. The molecule has 4 bridgehead atoms. The molecule has 1 saturated heterocycles. The third kappa shape index (κ3) is 6.89. The van der Waals surface area contributed by atoms with Crippen molar-refractivity contribution in [3.05, 3.63) is 40.8 Å². The fourth-order valence-electron chi connectivity index (χ4n) is 7.45. The highest BCUT2D eigenvalue weighted by Gasteiger charge is 2.54. The first-order valence-corrected chi connectivity index (χ1v) is 14.9. The fourth-order valence-corrected chi connectivity index (χ4v) is 7.45. The van der Waals surface area contributed by atoms with Crippen LogP contribution in [0, 0.1) is 23.7 Å². The molecule has 4 saturated carbocycles. The molecule has 1 aromatic rings. The SMILES string of the molecule is COC(=O)/C=C/CC[C@H](NC(=O)[C@@H]1CCCCN1)C(=O)Nc1cccn(CC(=O)NC2C3CC4CC(C3)C2C4)c1=O. The number of pyridine rings is 1. The molecule has 41 heavy (non-hydrogen) atoms. The average molecular weight is 568 g/mol. The quantitative estimate of drug-likeness (QED) is 0.234. The third-order valence-corrected chi connectivity index (χ3v) is 9.31. The number of amides is 3. The van der Waals surface area contributed by atoms with Gasteiger partial charge in [-0.3, -0.25) is 19.2 Å². The van der Waals surface area contributed by atoms with E-state index in [2.05, 4.69) is 26.0 Å². The summed E-state index contributed by atoms with van der Waals surface area (Å²) >= 11 is 0. The molecule has 0 spiro atoms. The van der Waals surface area contributed by atoms with E-state index in [-0.39, 0.29) is 42.6 Å². The fraction of sp³-hybridized carbons (Fsp3) is 0.633. The van der Waals surface area contributed by atoms with E-state index in [0.717, 1.165) is 31.2 Å². The molecule has 4 aliphatic carbocycles. The lowest BCUT2D eigenvalue weighted by Crippen LogP contribution is -2.52. The molecule has 5 aliphatic rings. The summed E-state index contributed by atoms with van der Waals surface area (Å²) in [6.07, 6.45) is 12.4. The topological polar surface area (TPSA) is 148 Å². The molecule has 4 N–H and O–H groups in total. The molecule has 222 valence electrons. The zero-order valence-corrected chi connectivity index (χ0v) is 23.6. The van der Waals surface area contributed by atoms with Crippen molar-refractivity contribution in [1.29, 1.82) is 0 Å². The minimum Gasteiger partial charge on any atom is -0.466 e. The molecule has 0 radical (unpaired) electrons. The second kappa shape index (κ2) is 13.0. The summed E-state index contributed by atoms with van der Waals surface area (Å²) in [6.45, 7) is 0.607. The van der Waals surface area contributed by atoms with Gasteiger partial charge in [0.05, 0.1) is 13.2 Å². The number of hydrogen-bond acceptors (Lipinski definition) is 7. The summed E-state index contributed by atoms with van der Waals surface area (Å²) in [5.74, 6) is 1.11. The smallest absolute Gasteiger partial charge is 0.330 e. The average Bonchev–Trinajstić information content (AvgIpc) is 3.39. The maximum atomic E-state index is 13.3. The van der Waals surface area contributed by atoms with Gasteiger partial charge < -0.3 is 30.6 Å².